The molecule has 0 aliphatic rings. The molecule has 0 unspecified atom stereocenters. The van der Waals surface area contributed by atoms with Crippen LogP contribution in [0.1, 0.15) is 10.4 Å². The van der Waals surface area contributed by atoms with Crippen molar-refractivity contribution in [3.8, 4) is 22.8 Å². The molecule has 0 saturated carbocycles. The highest BCUT2D eigenvalue weighted by Crippen LogP contribution is 2.38. The molecular formula is C23H16FNO3. The molecule has 0 N–H and O–H groups in total. The molecule has 1 heterocycles. The van der Waals surface area contributed by atoms with Gasteiger partial charge in [-0.15, -0.1) is 0 Å². The average Bonchev–Trinajstić information content (AvgIpc) is 2.74. The number of halogens is 1. The molecule has 0 atom stereocenters. The van der Waals surface area contributed by atoms with Crippen molar-refractivity contribution < 1.29 is 18.7 Å². The fourth-order valence-electron chi connectivity index (χ4n) is 3.07. The number of pyridine rings is 1. The third-order valence-electron chi connectivity index (χ3n) is 4.40. The van der Waals surface area contributed by atoms with Crippen LogP contribution < -0.4 is 9.47 Å². The molecule has 0 aliphatic carbocycles. The van der Waals surface area contributed by atoms with Gasteiger partial charge in [0, 0.05) is 22.5 Å². The van der Waals surface area contributed by atoms with Gasteiger partial charge in [0.1, 0.15) is 11.6 Å². The molecule has 0 radical (unpaired) electrons. The van der Waals surface area contributed by atoms with Crippen molar-refractivity contribution in [2.24, 2.45) is 0 Å². The second-order valence-corrected chi connectivity index (χ2v) is 6.12. The Morgan fingerprint density at radius 2 is 1.68 bits per heavy atom. The molecule has 0 saturated heterocycles. The van der Waals surface area contributed by atoms with Gasteiger partial charge in [-0.3, -0.25) is 0 Å². The van der Waals surface area contributed by atoms with Crippen molar-refractivity contribution in [3.63, 3.8) is 0 Å². The molecular weight excluding hydrogens is 357 g/mol. The van der Waals surface area contributed by atoms with Crippen molar-refractivity contribution in [2.75, 3.05) is 7.11 Å². The van der Waals surface area contributed by atoms with E-state index in [1.807, 2.05) is 12.1 Å². The maximum atomic E-state index is 13.4. The summed E-state index contributed by atoms with van der Waals surface area (Å²) >= 11 is 0. The monoisotopic (exact) mass is 373 g/mol. The predicted octanol–water partition coefficient (Wildman–Crippen LogP) is 5.27. The van der Waals surface area contributed by atoms with E-state index in [-0.39, 0.29) is 5.82 Å². The molecule has 4 rings (SSSR count). The molecule has 4 nitrogen and oxygen atoms in total. The summed E-state index contributed by atoms with van der Waals surface area (Å²) in [5.41, 5.74) is 1.92. The van der Waals surface area contributed by atoms with Crippen molar-refractivity contribution in [3.05, 3.63) is 90.4 Å². The van der Waals surface area contributed by atoms with Crippen LogP contribution in [0.25, 0.3) is 21.9 Å². The number of carbonyl (C=O) groups is 1. The fraction of sp³-hybridized carbons (Fsp3) is 0.0435. The van der Waals surface area contributed by atoms with Gasteiger partial charge in [-0.25, -0.2) is 14.2 Å². The van der Waals surface area contributed by atoms with Crippen LogP contribution in [0.4, 0.5) is 4.39 Å². The van der Waals surface area contributed by atoms with Gasteiger partial charge < -0.3 is 9.47 Å². The van der Waals surface area contributed by atoms with E-state index in [0.29, 0.717) is 33.5 Å². The van der Waals surface area contributed by atoms with E-state index in [1.165, 1.54) is 19.2 Å². The summed E-state index contributed by atoms with van der Waals surface area (Å²) in [7, 11) is 1.53. The lowest BCUT2D eigenvalue weighted by Crippen LogP contribution is -2.08. The number of ether oxygens (including phenoxy) is 2. The maximum Gasteiger partial charge on any atom is 0.343 e. The van der Waals surface area contributed by atoms with Crippen molar-refractivity contribution in [1.82, 2.24) is 4.98 Å². The standard InChI is InChI=1S/C23H16FNO3/c1-27-22-18-8-5-9-20(28-23(26)16-6-3-2-4-7-16)21(18)19(14-25-22)15-10-12-17(24)13-11-15/h2-14H,1H3. The lowest BCUT2D eigenvalue weighted by Gasteiger charge is -2.14. The topological polar surface area (TPSA) is 48.4 Å². The van der Waals surface area contributed by atoms with E-state index in [2.05, 4.69) is 4.98 Å². The minimum Gasteiger partial charge on any atom is -0.481 e. The van der Waals surface area contributed by atoms with Crippen molar-refractivity contribution in [1.29, 1.82) is 0 Å². The minimum absolute atomic E-state index is 0.328. The number of nitrogens with zero attached hydrogens (tertiary/aromatic N) is 1. The van der Waals surface area contributed by atoms with Gasteiger partial charge in [-0.05, 0) is 42.0 Å². The van der Waals surface area contributed by atoms with Gasteiger partial charge >= 0.3 is 5.97 Å². The number of esters is 1. The SMILES string of the molecule is COc1ncc(-c2ccc(F)cc2)c2c(OC(=O)c3ccccc3)cccc12. The first-order valence-corrected chi connectivity index (χ1v) is 8.66. The Hall–Kier alpha value is -3.73. The normalized spacial score (nSPS) is 10.6. The second-order valence-electron chi connectivity index (χ2n) is 6.12. The first-order valence-electron chi connectivity index (χ1n) is 8.66. The Kier molecular flexibility index (Phi) is 4.72. The molecule has 3 aromatic carbocycles. The van der Waals surface area contributed by atoms with Crippen LogP contribution in [0.5, 0.6) is 11.6 Å². The Labute approximate surface area is 161 Å². The number of benzene rings is 3. The zero-order valence-electron chi connectivity index (χ0n) is 15.1. The molecule has 0 aliphatic heterocycles. The van der Waals surface area contributed by atoms with Gasteiger partial charge in [0.05, 0.1) is 12.7 Å². The van der Waals surface area contributed by atoms with Crippen LogP contribution in [0.2, 0.25) is 0 Å². The van der Waals surface area contributed by atoms with Crippen LogP contribution in [0.3, 0.4) is 0 Å². The van der Waals surface area contributed by atoms with Crippen LogP contribution in [0.15, 0.2) is 79.0 Å². The van der Waals surface area contributed by atoms with Crippen molar-refractivity contribution >= 4 is 16.7 Å². The highest BCUT2D eigenvalue weighted by Gasteiger charge is 2.17. The van der Waals surface area contributed by atoms with Crippen LogP contribution in [-0.2, 0) is 0 Å². The molecule has 4 aromatic rings. The number of hydrogen-bond donors (Lipinski definition) is 0. The Morgan fingerprint density at radius 3 is 2.39 bits per heavy atom. The molecule has 1 aromatic heterocycles. The van der Waals surface area contributed by atoms with E-state index >= 15 is 0 Å². The van der Waals surface area contributed by atoms with Gasteiger partial charge in [0.15, 0.2) is 0 Å². The molecule has 138 valence electrons. The summed E-state index contributed by atoms with van der Waals surface area (Å²) in [5, 5.41) is 1.37. The van der Waals surface area contributed by atoms with Crippen LogP contribution >= 0.6 is 0 Å². The Bertz CT molecular complexity index is 1140. The van der Waals surface area contributed by atoms with Crippen LogP contribution in [-0.4, -0.2) is 18.1 Å². The third kappa shape index (κ3) is 3.30. The molecule has 28 heavy (non-hydrogen) atoms. The molecule has 0 bridgehead atoms. The highest BCUT2D eigenvalue weighted by atomic mass is 19.1. The number of fused-ring (bicyclic) bond motifs is 1. The predicted molar refractivity (Wildman–Crippen MR) is 105 cm³/mol. The van der Waals surface area contributed by atoms with Gasteiger partial charge in [0.25, 0.3) is 0 Å². The number of hydrogen-bond acceptors (Lipinski definition) is 4. The van der Waals surface area contributed by atoms with E-state index in [4.69, 9.17) is 9.47 Å². The number of carbonyl (C=O) groups excluding carboxylic acids is 1. The van der Waals surface area contributed by atoms with Gasteiger partial charge in [-0.1, -0.05) is 36.4 Å². The Morgan fingerprint density at radius 1 is 0.929 bits per heavy atom. The summed E-state index contributed by atoms with van der Waals surface area (Å²) in [6.07, 6.45) is 1.63. The zero-order chi connectivity index (χ0) is 19.5. The maximum absolute atomic E-state index is 13.4. The Balaban J connectivity index is 1.89. The quantitative estimate of drug-likeness (QED) is 0.361. The van der Waals surface area contributed by atoms with E-state index < -0.39 is 5.97 Å². The summed E-state index contributed by atoms with van der Waals surface area (Å²) < 4.78 is 24.4. The molecule has 0 amide bonds. The largest absolute Gasteiger partial charge is 0.481 e. The lowest BCUT2D eigenvalue weighted by atomic mass is 10.00. The van der Waals surface area contributed by atoms with E-state index in [1.54, 1.807) is 54.7 Å². The summed E-state index contributed by atoms with van der Waals surface area (Å²) in [6, 6.07) is 20.2. The minimum atomic E-state index is -0.464. The number of methoxy groups -OCH3 is 1. The summed E-state index contributed by atoms with van der Waals surface area (Å²) in [6.45, 7) is 0. The first-order chi connectivity index (χ1) is 13.7. The fourth-order valence-corrected chi connectivity index (χ4v) is 3.07. The smallest absolute Gasteiger partial charge is 0.343 e. The number of aromatic nitrogens is 1. The van der Waals surface area contributed by atoms with Crippen LogP contribution in [0, 0.1) is 5.82 Å². The third-order valence-corrected chi connectivity index (χ3v) is 4.40. The summed E-state index contributed by atoms with van der Waals surface area (Å²) in [5.74, 6) is 0.00374. The lowest BCUT2D eigenvalue weighted by molar-refractivity contribution is 0.0737. The van der Waals surface area contributed by atoms with E-state index in [9.17, 15) is 9.18 Å². The number of rotatable bonds is 4. The van der Waals surface area contributed by atoms with Gasteiger partial charge in [-0.2, -0.15) is 0 Å². The second kappa shape index (κ2) is 7.48. The van der Waals surface area contributed by atoms with E-state index in [0.717, 1.165) is 5.56 Å². The summed E-state index contributed by atoms with van der Waals surface area (Å²) in [4.78, 5) is 16.9. The average molecular weight is 373 g/mol. The van der Waals surface area contributed by atoms with Crippen molar-refractivity contribution in [2.45, 2.75) is 0 Å². The molecule has 0 fully saturated rings. The highest BCUT2D eigenvalue weighted by molar-refractivity contribution is 6.04. The zero-order valence-corrected chi connectivity index (χ0v) is 15.1. The first kappa shape index (κ1) is 17.7. The molecule has 0 spiro atoms. The van der Waals surface area contributed by atoms with Gasteiger partial charge in [0.2, 0.25) is 5.88 Å². The molecule has 5 heteroatoms.